The van der Waals surface area contributed by atoms with Gasteiger partial charge in [0, 0.05) is 5.56 Å². The molecule has 0 bridgehead atoms. The van der Waals surface area contributed by atoms with E-state index in [2.05, 4.69) is 10.1 Å². The number of halogens is 3. The summed E-state index contributed by atoms with van der Waals surface area (Å²) in [5.74, 6) is -0.862. The molecule has 1 aromatic heterocycles. The Morgan fingerprint density at radius 2 is 2.04 bits per heavy atom. The first-order valence-corrected chi connectivity index (χ1v) is 7.68. The monoisotopic (exact) mass is 371 g/mol. The Hall–Kier alpha value is -2.68. The van der Waals surface area contributed by atoms with Gasteiger partial charge in [-0.2, -0.15) is 0 Å². The first kappa shape index (κ1) is 18.1. The molecule has 26 heavy (non-hydrogen) atoms. The van der Waals surface area contributed by atoms with Crippen LogP contribution < -0.4 is 14.8 Å². The van der Waals surface area contributed by atoms with E-state index >= 15 is 0 Å². The molecule has 2 aromatic rings. The predicted octanol–water partition coefficient (Wildman–Crippen LogP) is 3.18. The van der Waals surface area contributed by atoms with Crippen molar-refractivity contribution in [3.63, 3.8) is 0 Å². The molecule has 9 heteroatoms. The van der Waals surface area contributed by atoms with Crippen LogP contribution in [0, 0.1) is 0 Å². The molecular weight excluding hydrogens is 355 g/mol. The van der Waals surface area contributed by atoms with Crippen LogP contribution in [0.2, 0.25) is 0 Å². The summed E-state index contributed by atoms with van der Waals surface area (Å²) in [5.41, 5.74) is -0.918. The van der Waals surface area contributed by atoms with Gasteiger partial charge in [0.25, 0.3) is 5.91 Å². The quantitative estimate of drug-likeness (QED) is 0.866. The summed E-state index contributed by atoms with van der Waals surface area (Å²) in [6, 6.07) is 5.40. The van der Waals surface area contributed by atoms with Gasteiger partial charge in [0.05, 0.1) is 12.3 Å². The molecule has 1 aliphatic heterocycles. The minimum absolute atomic E-state index is 0.00532. The van der Waals surface area contributed by atoms with E-state index in [1.54, 1.807) is 13.8 Å². The summed E-state index contributed by atoms with van der Waals surface area (Å²) in [5, 5.41) is 13.2. The summed E-state index contributed by atoms with van der Waals surface area (Å²) >= 11 is 0. The van der Waals surface area contributed by atoms with Crippen LogP contribution >= 0.6 is 0 Å². The number of furan rings is 1. The third-order valence-corrected chi connectivity index (χ3v) is 3.98. The van der Waals surface area contributed by atoms with Crippen molar-refractivity contribution in [1.82, 2.24) is 5.32 Å². The Labute approximate surface area is 146 Å². The fraction of sp³-hybridized carbons (Fsp3) is 0.353. The van der Waals surface area contributed by atoms with E-state index in [4.69, 9.17) is 9.15 Å². The van der Waals surface area contributed by atoms with Crippen LogP contribution in [-0.2, 0) is 0 Å². The molecule has 1 aromatic carbocycles. The van der Waals surface area contributed by atoms with Gasteiger partial charge in [0.15, 0.2) is 5.76 Å². The number of rotatable bonds is 3. The van der Waals surface area contributed by atoms with Crippen LogP contribution in [0.3, 0.4) is 0 Å². The van der Waals surface area contributed by atoms with E-state index in [0.717, 1.165) is 12.1 Å². The largest absolute Gasteiger partial charge is 0.573 e. The molecule has 0 radical (unpaired) electrons. The van der Waals surface area contributed by atoms with Crippen LogP contribution in [-0.4, -0.2) is 29.1 Å². The van der Waals surface area contributed by atoms with Gasteiger partial charge in [-0.25, -0.2) is 0 Å². The van der Waals surface area contributed by atoms with Crippen LogP contribution in [0.5, 0.6) is 11.5 Å². The fourth-order valence-electron chi connectivity index (χ4n) is 2.75. The van der Waals surface area contributed by atoms with Crippen LogP contribution in [0.1, 0.15) is 36.0 Å². The Morgan fingerprint density at radius 3 is 2.65 bits per heavy atom. The molecule has 0 unspecified atom stereocenters. The maximum absolute atomic E-state index is 12.5. The smallest absolute Gasteiger partial charge is 0.485 e. The summed E-state index contributed by atoms with van der Waals surface area (Å²) < 4.78 is 52.0. The van der Waals surface area contributed by atoms with Gasteiger partial charge >= 0.3 is 6.36 Å². The average molecular weight is 371 g/mol. The Kier molecular flexibility index (Phi) is 4.35. The highest BCUT2D eigenvalue weighted by atomic mass is 19.4. The van der Waals surface area contributed by atoms with Crippen molar-refractivity contribution in [3.8, 4) is 11.5 Å². The van der Waals surface area contributed by atoms with Gasteiger partial charge in [0.2, 0.25) is 0 Å². The van der Waals surface area contributed by atoms with E-state index in [1.165, 1.54) is 24.5 Å². The van der Waals surface area contributed by atoms with Crippen molar-refractivity contribution in [2.24, 2.45) is 0 Å². The molecule has 0 aliphatic carbocycles. The molecule has 140 valence electrons. The lowest BCUT2D eigenvalue weighted by atomic mass is 9.86. The molecule has 0 spiro atoms. The lowest BCUT2D eigenvalue weighted by molar-refractivity contribution is -0.274. The second-order valence-electron chi connectivity index (χ2n) is 6.33. The Bertz CT molecular complexity index is 801. The van der Waals surface area contributed by atoms with E-state index in [1.807, 2.05) is 0 Å². The highest BCUT2D eigenvalue weighted by Gasteiger charge is 2.44. The Morgan fingerprint density at radius 1 is 1.31 bits per heavy atom. The minimum Gasteiger partial charge on any atom is -0.485 e. The predicted molar refractivity (Wildman–Crippen MR) is 82.8 cm³/mol. The van der Waals surface area contributed by atoms with Crippen molar-refractivity contribution in [1.29, 1.82) is 0 Å². The number of hydrogen-bond donors (Lipinski definition) is 2. The number of nitrogens with one attached hydrogen (secondary N) is 1. The number of alkyl halides is 3. The lowest BCUT2D eigenvalue weighted by Gasteiger charge is -2.42. The number of aliphatic hydroxyl groups is 1. The van der Waals surface area contributed by atoms with Gasteiger partial charge in [-0.3, -0.25) is 4.79 Å². The van der Waals surface area contributed by atoms with E-state index in [0.29, 0.717) is 0 Å². The molecular formula is C17H16F3NO5. The van der Waals surface area contributed by atoms with E-state index < -0.39 is 35.8 Å². The normalized spacial score (nSPS) is 21.5. The van der Waals surface area contributed by atoms with Crippen molar-refractivity contribution in [2.45, 2.75) is 38.0 Å². The topological polar surface area (TPSA) is 80.9 Å². The average Bonchev–Trinajstić information content (AvgIpc) is 3.05. The van der Waals surface area contributed by atoms with Crippen LogP contribution in [0.25, 0.3) is 0 Å². The van der Waals surface area contributed by atoms with Gasteiger partial charge in [-0.15, -0.1) is 13.2 Å². The maximum Gasteiger partial charge on any atom is 0.573 e. The molecule has 6 nitrogen and oxygen atoms in total. The zero-order chi connectivity index (χ0) is 19.1. The van der Waals surface area contributed by atoms with Crippen molar-refractivity contribution in [3.05, 3.63) is 47.9 Å². The van der Waals surface area contributed by atoms with Gasteiger partial charge < -0.3 is 24.3 Å². The third-order valence-electron chi connectivity index (χ3n) is 3.98. The van der Waals surface area contributed by atoms with Gasteiger partial charge in [-0.05, 0) is 44.2 Å². The maximum atomic E-state index is 12.5. The van der Waals surface area contributed by atoms with Gasteiger partial charge in [0.1, 0.15) is 23.2 Å². The highest BCUT2D eigenvalue weighted by molar-refractivity contribution is 5.91. The second kappa shape index (κ2) is 6.24. The van der Waals surface area contributed by atoms with Gasteiger partial charge in [-0.1, -0.05) is 0 Å². The number of carbonyl (C=O) groups is 1. The molecule has 1 aliphatic rings. The first-order chi connectivity index (χ1) is 12.1. The number of carbonyl (C=O) groups excluding carboxylic acids is 1. The second-order valence-corrected chi connectivity index (χ2v) is 6.33. The molecule has 2 heterocycles. The summed E-state index contributed by atoms with van der Waals surface area (Å²) in [4.78, 5) is 12.3. The van der Waals surface area contributed by atoms with Crippen molar-refractivity contribution >= 4 is 5.91 Å². The molecule has 0 saturated carbocycles. The SMILES string of the molecule is CC1(C)Oc2ccc(OC(F)(F)F)cc2[C@@H](NC(=O)c2ccco2)[C@@H]1O. The first-order valence-electron chi connectivity index (χ1n) is 7.68. The van der Waals surface area contributed by atoms with Crippen molar-refractivity contribution < 1.29 is 37.0 Å². The highest BCUT2D eigenvalue weighted by Crippen LogP contribution is 2.42. The standard InChI is InChI=1S/C17H16F3NO5/c1-16(2)14(22)13(21-15(23)12-4-3-7-24-12)10-8-9(25-17(18,19)20)5-6-11(10)26-16/h3-8,13-14,22H,1-2H3,(H,21,23)/t13-,14+/m1/s1. The van der Waals surface area contributed by atoms with Crippen molar-refractivity contribution in [2.75, 3.05) is 0 Å². The summed E-state index contributed by atoms with van der Waals surface area (Å²) in [6.07, 6.45) is -4.79. The summed E-state index contributed by atoms with van der Waals surface area (Å²) in [6.45, 7) is 3.21. The molecule has 2 N–H and O–H groups in total. The third kappa shape index (κ3) is 3.62. The number of hydrogen-bond acceptors (Lipinski definition) is 5. The zero-order valence-corrected chi connectivity index (χ0v) is 13.8. The number of aliphatic hydroxyl groups excluding tert-OH is 1. The minimum atomic E-state index is -4.87. The van der Waals surface area contributed by atoms with E-state index in [-0.39, 0.29) is 17.1 Å². The number of amides is 1. The lowest BCUT2D eigenvalue weighted by Crippen LogP contribution is -2.53. The molecule has 0 fully saturated rings. The molecule has 2 atom stereocenters. The van der Waals surface area contributed by atoms with Crippen LogP contribution in [0.4, 0.5) is 13.2 Å². The van der Waals surface area contributed by atoms with E-state index in [9.17, 15) is 23.1 Å². The molecule has 3 rings (SSSR count). The van der Waals surface area contributed by atoms with Crippen LogP contribution in [0.15, 0.2) is 41.0 Å². The molecule has 1 amide bonds. The summed E-state index contributed by atoms with van der Waals surface area (Å²) in [7, 11) is 0. The zero-order valence-electron chi connectivity index (χ0n) is 13.8. The Balaban J connectivity index is 1.97. The number of benzene rings is 1. The molecule has 0 saturated heterocycles. The fourth-order valence-corrected chi connectivity index (χ4v) is 2.75. The number of ether oxygens (including phenoxy) is 2. The number of fused-ring (bicyclic) bond motifs is 1.